The van der Waals surface area contributed by atoms with E-state index < -0.39 is 5.91 Å². The average molecular weight is 488 g/mol. The molecular weight excluding hydrogens is 472 g/mol. The number of benzene rings is 3. The smallest absolute Gasteiger partial charge is 0.293 e. The van der Waals surface area contributed by atoms with Crippen LogP contribution in [0.1, 0.15) is 16.7 Å². The second-order valence-corrected chi connectivity index (χ2v) is 8.79. The van der Waals surface area contributed by atoms with E-state index in [9.17, 15) is 14.0 Å². The maximum atomic E-state index is 13.1. The van der Waals surface area contributed by atoms with E-state index >= 15 is 0 Å². The fraction of sp³-hybridized carbons (Fsp3) is 0.0833. The molecule has 3 aromatic rings. The van der Waals surface area contributed by atoms with Crippen molar-refractivity contribution in [1.82, 2.24) is 4.90 Å². The molecule has 1 heterocycles. The lowest BCUT2D eigenvalue weighted by Crippen LogP contribution is -2.27. The van der Waals surface area contributed by atoms with Crippen LogP contribution < -0.4 is 4.74 Å². The van der Waals surface area contributed by atoms with Crippen molar-refractivity contribution in [1.29, 1.82) is 0 Å². The molecule has 0 atom stereocenters. The molecule has 0 N–H and O–H groups in total. The van der Waals surface area contributed by atoms with Gasteiger partial charge in [-0.15, -0.1) is 0 Å². The van der Waals surface area contributed by atoms with Gasteiger partial charge in [-0.25, -0.2) is 4.39 Å². The summed E-state index contributed by atoms with van der Waals surface area (Å²) in [6, 6.07) is 18.1. The first kappa shape index (κ1) is 22.4. The Hall–Kier alpha value is -2.80. The highest BCUT2D eigenvalue weighted by molar-refractivity contribution is 8.18. The molecule has 1 aliphatic rings. The Balaban J connectivity index is 1.51. The van der Waals surface area contributed by atoms with Gasteiger partial charge in [-0.3, -0.25) is 14.5 Å². The maximum absolute atomic E-state index is 13.1. The molecule has 0 spiro atoms. The van der Waals surface area contributed by atoms with Crippen LogP contribution in [0.5, 0.6) is 5.75 Å². The predicted octanol–water partition coefficient (Wildman–Crippen LogP) is 6.95. The minimum atomic E-state index is -0.403. The second kappa shape index (κ2) is 9.77. The molecule has 1 fully saturated rings. The number of rotatable bonds is 6. The zero-order valence-electron chi connectivity index (χ0n) is 16.6. The highest BCUT2D eigenvalue weighted by Crippen LogP contribution is 2.35. The van der Waals surface area contributed by atoms with Gasteiger partial charge in [0.1, 0.15) is 18.2 Å². The molecule has 0 aromatic heterocycles. The number of halogens is 3. The summed E-state index contributed by atoms with van der Waals surface area (Å²) in [7, 11) is 0. The number of nitrogens with zero attached hydrogens (tertiary/aromatic N) is 1. The molecule has 4 nitrogen and oxygen atoms in total. The highest BCUT2D eigenvalue weighted by Gasteiger charge is 2.35. The molecule has 1 saturated heterocycles. The first-order valence-electron chi connectivity index (χ1n) is 9.56. The van der Waals surface area contributed by atoms with Crippen LogP contribution >= 0.6 is 35.0 Å². The van der Waals surface area contributed by atoms with E-state index in [2.05, 4.69) is 0 Å². The van der Waals surface area contributed by atoms with E-state index in [-0.39, 0.29) is 29.1 Å². The van der Waals surface area contributed by atoms with Gasteiger partial charge in [-0.2, -0.15) is 0 Å². The van der Waals surface area contributed by atoms with Gasteiger partial charge in [0.2, 0.25) is 0 Å². The average Bonchev–Trinajstić information content (AvgIpc) is 3.03. The third-order valence-corrected chi connectivity index (χ3v) is 6.23. The van der Waals surface area contributed by atoms with Crippen molar-refractivity contribution in [3.8, 4) is 5.75 Å². The molecular formula is C24H16Cl2FNO3S. The number of ether oxygens (including phenoxy) is 1. The van der Waals surface area contributed by atoms with Crippen LogP contribution in [-0.4, -0.2) is 16.0 Å². The van der Waals surface area contributed by atoms with Crippen LogP contribution in [0.2, 0.25) is 10.0 Å². The van der Waals surface area contributed by atoms with Crippen LogP contribution in [0.4, 0.5) is 9.18 Å². The van der Waals surface area contributed by atoms with Crippen LogP contribution in [0.25, 0.3) is 6.08 Å². The summed E-state index contributed by atoms with van der Waals surface area (Å²) in [5.74, 6) is -0.233. The first-order chi connectivity index (χ1) is 15.4. The summed E-state index contributed by atoms with van der Waals surface area (Å²) in [5, 5.41) is 0.657. The van der Waals surface area contributed by atoms with Gasteiger partial charge in [0.25, 0.3) is 11.1 Å². The number of hydrogen-bond acceptors (Lipinski definition) is 4. The number of imide groups is 1. The Labute approximate surface area is 198 Å². The summed E-state index contributed by atoms with van der Waals surface area (Å²) in [5.41, 5.74) is 2.09. The van der Waals surface area contributed by atoms with Crippen molar-refractivity contribution in [2.45, 2.75) is 13.2 Å². The van der Waals surface area contributed by atoms with Gasteiger partial charge < -0.3 is 4.74 Å². The van der Waals surface area contributed by atoms with E-state index in [0.29, 0.717) is 26.9 Å². The van der Waals surface area contributed by atoms with Gasteiger partial charge in [-0.05, 0) is 53.7 Å². The van der Waals surface area contributed by atoms with Crippen molar-refractivity contribution < 1.29 is 18.7 Å². The number of hydrogen-bond donors (Lipinski definition) is 0. The second-order valence-electron chi connectivity index (χ2n) is 6.96. The monoisotopic (exact) mass is 487 g/mol. The molecule has 2 amide bonds. The number of carbonyl (C=O) groups excluding carboxylic acids is 2. The quantitative estimate of drug-likeness (QED) is 0.353. The Bertz CT molecular complexity index is 1210. The van der Waals surface area contributed by atoms with Crippen LogP contribution in [-0.2, 0) is 17.9 Å². The van der Waals surface area contributed by atoms with Crippen LogP contribution in [0.3, 0.4) is 0 Å². The van der Waals surface area contributed by atoms with Crippen molar-refractivity contribution in [3.05, 3.63) is 104 Å². The largest absolute Gasteiger partial charge is 0.488 e. The molecule has 0 aliphatic carbocycles. The van der Waals surface area contributed by atoms with E-state index in [1.165, 1.54) is 12.1 Å². The summed E-state index contributed by atoms with van der Waals surface area (Å²) >= 11 is 13.0. The van der Waals surface area contributed by atoms with E-state index in [1.54, 1.807) is 48.5 Å². The molecule has 0 unspecified atom stereocenters. The minimum Gasteiger partial charge on any atom is -0.488 e. The Kier molecular flexibility index (Phi) is 6.84. The standard InChI is InChI=1S/C24H16Cl2FNO3S/c25-18-8-7-17(20(26)12-18)14-31-21-4-2-1-3-16(21)11-22-23(29)28(24(30)32-22)13-15-5-9-19(27)10-6-15/h1-12H,13-14H2/b22-11-. The van der Waals surface area contributed by atoms with Crippen LogP contribution in [0, 0.1) is 5.82 Å². The molecule has 0 bridgehead atoms. The van der Waals surface area contributed by atoms with Crippen molar-refractivity contribution in [3.63, 3.8) is 0 Å². The van der Waals surface area contributed by atoms with E-state index in [4.69, 9.17) is 27.9 Å². The number of thioether (sulfide) groups is 1. The molecule has 4 rings (SSSR count). The Morgan fingerprint density at radius 1 is 1.00 bits per heavy atom. The minimum absolute atomic E-state index is 0.0789. The number of para-hydroxylation sites is 1. The van der Waals surface area contributed by atoms with Gasteiger partial charge in [-0.1, -0.05) is 59.6 Å². The summed E-state index contributed by atoms with van der Waals surface area (Å²) in [6.07, 6.45) is 1.63. The fourth-order valence-electron chi connectivity index (χ4n) is 3.08. The zero-order valence-corrected chi connectivity index (χ0v) is 18.9. The molecule has 1 aliphatic heterocycles. The SMILES string of the molecule is O=C1S/C(=C\c2ccccc2OCc2ccc(Cl)cc2Cl)C(=O)N1Cc1ccc(F)cc1. The third-order valence-electron chi connectivity index (χ3n) is 4.73. The van der Waals surface area contributed by atoms with Crippen molar-refractivity contribution in [2.24, 2.45) is 0 Å². The highest BCUT2D eigenvalue weighted by atomic mass is 35.5. The maximum Gasteiger partial charge on any atom is 0.293 e. The first-order valence-corrected chi connectivity index (χ1v) is 11.1. The predicted molar refractivity (Wildman–Crippen MR) is 125 cm³/mol. The Morgan fingerprint density at radius 2 is 1.75 bits per heavy atom. The van der Waals surface area contributed by atoms with Gasteiger partial charge >= 0.3 is 0 Å². The fourth-order valence-corrected chi connectivity index (χ4v) is 4.37. The summed E-state index contributed by atoms with van der Waals surface area (Å²) in [4.78, 5) is 26.7. The molecule has 0 saturated carbocycles. The molecule has 162 valence electrons. The Morgan fingerprint density at radius 3 is 2.50 bits per heavy atom. The van der Waals surface area contributed by atoms with Crippen LogP contribution in [0.15, 0.2) is 71.6 Å². The lowest BCUT2D eigenvalue weighted by molar-refractivity contribution is -0.123. The lowest BCUT2D eigenvalue weighted by Gasteiger charge is -2.12. The van der Waals surface area contributed by atoms with Gasteiger partial charge in [0, 0.05) is 21.2 Å². The van der Waals surface area contributed by atoms with Crippen molar-refractivity contribution >= 4 is 52.2 Å². The molecule has 32 heavy (non-hydrogen) atoms. The third kappa shape index (κ3) is 5.15. The number of amides is 2. The lowest BCUT2D eigenvalue weighted by atomic mass is 10.1. The van der Waals surface area contributed by atoms with Crippen molar-refractivity contribution in [2.75, 3.05) is 0 Å². The zero-order chi connectivity index (χ0) is 22.7. The normalized spacial score (nSPS) is 15.0. The summed E-state index contributed by atoms with van der Waals surface area (Å²) in [6.45, 7) is 0.294. The van der Waals surface area contributed by atoms with E-state index in [1.807, 2.05) is 12.1 Å². The number of carbonyl (C=O) groups is 2. The summed E-state index contributed by atoms with van der Waals surface area (Å²) < 4.78 is 19.0. The van der Waals surface area contributed by atoms with Gasteiger partial charge in [0.15, 0.2) is 0 Å². The van der Waals surface area contributed by atoms with Gasteiger partial charge in [0.05, 0.1) is 11.4 Å². The molecule has 0 radical (unpaired) electrons. The van der Waals surface area contributed by atoms with E-state index in [0.717, 1.165) is 22.2 Å². The molecule has 8 heteroatoms. The topological polar surface area (TPSA) is 46.6 Å². The molecule has 3 aromatic carbocycles.